The molecule has 0 atom stereocenters. The molecule has 0 aromatic carbocycles. The summed E-state index contributed by atoms with van der Waals surface area (Å²) in [6.07, 6.45) is 4.56. The van der Waals surface area contributed by atoms with Gasteiger partial charge in [-0.15, -0.1) is 0 Å². The maximum atomic E-state index is 4.37. The fraction of sp³-hybridized carbons (Fsp3) is 0.250. The predicted octanol–water partition coefficient (Wildman–Crippen LogP) is 2.82. The summed E-state index contributed by atoms with van der Waals surface area (Å²) in [7, 11) is 0. The van der Waals surface area contributed by atoms with Gasteiger partial charge in [0, 0.05) is 12.4 Å². The Morgan fingerprint density at radius 2 is 2.23 bits per heavy atom. The van der Waals surface area contributed by atoms with Crippen LogP contribution in [-0.4, -0.2) is 14.6 Å². The van der Waals surface area contributed by atoms with Crippen LogP contribution in [0.15, 0.2) is 21.3 Å². The lowest BCUT2D eigenvalue weighted by molar-refractivity contribution is 0.882. The first kappa shape index (κ1) is 9.15. The van der Waals surface area contributed by atoms with Crippen LogP contribution in [0.1, 0.15) is 12.6 Å². The zero-order chi connectivity index (χ0) is 9.42. The average molecular weight is 305 g/mol. The molecule has 0 unspecified atom stereocenters. The van der Waals surface area contributed by atoms with E-state index in [0.29, 0.717) is 0 Å². The highest BCUT2D eigenvalue weighted by Gasteiger charge is 2.08. The second-order valence-electron chi connectivity index (χ2n) is 2.65. The van der Waals surface area contributed by atoms with Crippen molar-refractivity contribution < 1.29 is 0 Å². The zero-order valence-electron chi connectivity index (χ0n) is 6.96. The molecule has 5 heteroatoms. The number of aryl methyl sites for hydroxylation is 1. The van der Waals surface area contributed by atoms with Crippen LogP contribution in [0.4, 0.5) is 0 Å². The van der Waals surface area contributed by atoms with Gasteiger partial charge in [0.05, 0.1) is 14.6 Å². The molecule has 0 saturated heterocycles. The number of fused-ring (bicyclic) bond motifs is 1. The van der Waals surface area contributed by atoms with Crippen molar-refractivity contribution in [2.45, 2.75) is 13.3 Å². The molecule has 0 spiro atoms. The number of halogens is 2. The van der Waals surface area contributed by atoms with Crippen LogP contribution in [0.5, 0.6) is 0 Å². The number of aromatic nitrogens is 3. The van der Waals surface area contributed by atoms with E-state index in [1.54, 1.807) is 10.7 Å². The van der Waals surface area contributed by atoms with Crippen molar-refractivity contribution in [1.82, 2.24) is 14.6 Å². The Labute approximate surface area is 92.4 Å². The van der Waals surface area contributed by atoms with Crippen molar-refractivity contribution in [2.24, 2.45) is 0 Å². The fourth-order valence-electron chi connectivity index (χ4n) is 1.16. The molecule has 2 aromatic heterocycles. The normalized spacial score (nSPS) is 11.0. The SMILES string of the molecule is CCc1nn2cc(Br)cnc2c1Br. The molecule has 0 N–H and O–H groups in total. The van der Waals surface area contributed by atoms with E-state index in [-0.39, 0.29) is 0 Å². The smallest absolute Gasteiger partial charge is 0.169 e. The fourth-order valence-corrected chi connectivity index (χ4v) is 2.10. The summed E-state index contributed by atoms with van der Waals surface area (Å²) in [6, 6.07) is 0. The third-order valence-corrected chi connectivity index (χ3v) is 3.01. The lowest BCUT2D eigenvalue weighted by Crippen LogP contribution is -1.89. The van der Waals surface area contributed by atoms with Crippen molar-refractivity contribution in [3.8, 4) is 0 Å². The molecule has 0 bridgehead atoms. The summed E-state index contributed by atoms with van der Waals surface area (Å²) in [5, 5.41) is 4.37. The maximum Gasteiger partial charge on any atom is 0.169 e. The number of rotatable bonds is 1. The van der Waals surface area contributed by atoms with Crippen LogP contribution in [0.2, 0.25) is 0 Å². The van der Waals surface area contributed by atoms with E-state index in [4.69, 9.17) is 0 Å². The van der Waals surface area contributed by atoms with E-state index in [9.17, 15) is 0 Å². The second kappa shape index (κ2) is 3.38. The Balaban J connectivity index is 2.76. The Bertz CT molecular complexity index is 450. The van der Waals surface area contributed by atoms with Gasteiger partial charge in [0.1, 0.15) is 0 Å². The van der Waals surface area contributed by atoms with Gasteiger partial charge in [-0.1, -0.05) is 6.92 Å². The maximum absolute atomic E-state index is 4.37. The summed E-state index contributed by atoms with van der Waals surface area (Å²) >= 11 is 6.82. The highest BCUT2D eigenvalue weighted by atomic mass is 79.9. The summed E-state index contributed by atoms with van der Waals surface area (Å²) in [5.74, 6) is 0. The Morgan fingerprint density at radius 1 is 1.46 bits per heavy atom. The van der Waals surface area contributed by atoms with Gasteiger partial charge in [-0.2, -0.15) is 5.10 Å². The molecule has 0 amide bonds. The minimum Gasteiger partial charge on any atom is -0.235 e. The standard InChI is InChI=1S/C8H7Br2N3/c1-2-6-7(10)8-11-3-5(9)4-13(8)12-6/h3-4H,2H2,1H3. The highest BCUT2D eigenvalue weighted by molar-refractivity contribution is 9.11. The molecule has 0 aliphatic heterocycles. The molecule has 13 heavy (non-hydrogen) atoms. The van der Waals surface area contributed by atoms with E-state index in [0.717, 1.165) is 26.7 Å². The molecule has 68 valence electrons. The molecular formula is C8H7Br2N3. The van der Waals surface area contributed by atoms with Gasteiger partial charge in [-0.25, -0.2) is 9.50 Å². The average Bonchev–Trinajstić information content (AvgIpc) is 2.42. The number of hydrogen-bond acceptors (Lipinski definition) is 2. The van der Waals surface area contributed by atoms with Gasteiger partial charge in [0.2, 0.25) is 0 Å². The van der Waals surface area contributed by atoms with E-state index >= 15 is 0 Å². The third kappa shape index (κ3) is 1.50. The topological polar surface area (TPSA) is 30.2 Å². The molecule has 0 aliphatic carbocycles. The van der Waals surface area contributed by atoms with Gasteiger partial charge < -0.3 is 0 Å². The molecule has 2 rings (SSSR count). The highest BCUT2D eigenvalue weighted by Crippen LogP contribution is 2.22. The summed E-state index contributed by atoms with van der Waals surface area (Å²) in [5.41, 5.74) is 1.89. The molecule has 3 nitrogen and oxygen atoms in total. The number of hydrogen-bond donors (Lipinski definition) is 0. The van der Waals surface area contributed by atoms with Crippen LogP contribution in [-0.2, 0) is 6.42 Å². The summed E-state index contributed by atoms with van der Waals surface area (Å²) in [6.45, 7) is 2.07. The van der Waals surface area contributed by atoms with Gasteiger partial charge in [0.25, 0.3) is 0 Å². The molecule has 0 fully saturated rings. The molecule has 0 saturated carbocycles. The summed E-state index contributed by atoms with van der Waals surface area (Å²) < 4.78 is 3.69. The number of nitrogens with zero attached hydrogens (tertiary/aromatic N) is 3. The van der Waals surface area contributed by atoms with Crippen molar-refractivity contribution >= 4 is 37.5 Å². The van der Waals surface area contributed by atoms with Crippen LogP contribution >= 0.6 is 31.9 Å². The lowest BCUT2D eigenvalue weighted by Gasteiger charge is -1.91. The Morgan fingerprint density at radius 3 is 2.92 bits per heavy atom. The first-order valence-electron chi connectivity index (χ1n) is 3.90. The van der Waals surface area contributed by atoms with Crippen LogP contribution in [0, 0.1) is 0 Å². The van der Waals surface area contributed by atoms with Gasteiger partial charge >= 0.3 is 0 Å². The third-order valence-electron chi connectivity index (χ3n) is 1.79. The van der Waals surface area contributed by atoms with Crippen LogP contribution in [0.25, 0.3) is 5.65 Å². The van der Waals surface area contributed by atoms with Crippen molar-refractivity contribution in [2.75, 3.05) is 0 Å². The molecular weight excluding hydrogens is 298 g/mol. The molecule has 0 radical (unpaired) electrons. The first-order chi connectivity index (χ1) is 6.22. The predicted molar refractivity (Wildman–Crippen MR) is 57.8 cm³/mol. The van der Waals surface area contributed by atoms with Crippen molar-refractivity contribution in [3.63, 3.8) is 0 Å². The van der Waals surface area contributed by atoms with E-state index in [2.05, 4.69) is 48.9 Å². The Kier molecular flexibility index (Phi) is 2.38. The summed E-state index contributed by atoms with van der Waals surface area (Å²) in [4.78, 5) is 4.26. The van der Waals surface area contributed by atoms with E-state index in [1.807, 2.05) is 6.20 Å². The van der Waals surface area contributed by atoms with Crippen LogP contribution in [0.3, 0.4) is 0 Å². The molecule has 2 aromatic rings. The minimum absolute atomic E-state index is 0.861. The Hall–Kier alpha value is -0.420. The van der Waals surface area contributed by atoms with Crippen LogP contribution < -0.4 is 0 Å². The minimum atomic E-state index is 0.861. The molecule has 0 aliphatic rings. The van der Waals surface area contributed by atoms with Gasteiger partial charge in [-0.3, -0.25) is 0 Å². The van der Waals surface area contributed by atoms with Gasteiger partial charge in [-0.05, 0) is 38.3 Å². The molecule has 2 heterocycles. The van der Waals surface area contributed by atoms with E-state index < -0.39 is 0 Å². The first-order valence-corrected chi connectivity index (χ1v) is 5.49. The monoisotopic (exact) mass is 303 g/mol. The zero-order valence-corrected chi connectivity index (χ0v) is 10.1. The van der Waals surface area contributed by atoms with Gasteiger partial charge in [0.15, 0.2) is 5.65 Å². The van der Waals surface area contributed by atoms with E-state index in [1.165, 1.54) is 0 Å². The lowest BCUT2D eigenvalue weighted by atomic mass is 10.3. The quantitative estimate of drug-likeness (QED) is 0.811. The largest absolute Gasteiger partial charge is 0.235 e. The van der Waals surface area contributed by atoms with Crippen molar-refractivity contribution in [1.29, 1.82) is 0 Å². The van der Waals surface area contributed by atoms with Crippen molar-refractivity contribution in [3.05, 3.63) is 27.0 Å². The second-order valence-corrected chi connectivity index (χ2v) is 4.36.